The molecule has 1 aliphatic heterocycles. The third kappa shape index (κ3) is 1.70. The second-order valence-corrected chi connectivity index (χ2v) is 5.46. The highest BCUT2D eigenvalue weighted by molar-refractivity contribution is 8.50. The SMILES string of the molecule is CN=C1S/C(=N\O)C(C)(C)S1. The number of oxime groups is 1. The third-order valence-electron chi connectivity index (χ3n) is 1.31. The van der Waals surface area contributed by atoms with Crippen LogP contribution in [0.1, 0.15) is 13.8 Å². The Hall–Kier alpha value is -0.160. The fourth-order valence-electron chi connectivity index (χ4n) is 0.720. The smallest absolute Gasteiger partial charge is 0.135 e. The fraction of sp³-hybridized carbons (Fsp3) is 0.667. The first-order chi connectivity index (χ1) is 5.10. The van der Waals surface area contributed by atoms with Crippen LogP contribution in [0.2, 0.25) is 0 Å². The topological polar surface area (TPSA) is 45.0 Å². The van der Waals surface area contributed by atoms with Crippen molar-refractivity contribution in [2.75, 3.05) is 7.05 Å². The van der Waals surface area contributed by atoms with Crippen LogP contribution in [0.3, 0.4) is 0 Å². The van der Waals surface area contributed by atoms with Gasteiger partial charge in [-0.25, -0.2) is 0 Å². The van der Waals surface area contributed by atoms with Gasteiger partial charge in [0, 0.05) is 7.05 Å². The molecule has 1 heterocycles. The average Bonchev–Trinajstić information content (AvgIpc) is 2.24. The molecule has 0 spiro atoms. The summed E-state index contributed by atoms with van der Waals surface area (Å²) in [7, 11) is 1.74. The van der Waals surface area contributed by atoms with Gasteiger partial charge in [0.1, 0.15) is 9.42 Å². The second-order valence-electron chi connectivity index (χ2n) is 2.61. The minimum absolute atomic E-state index is 0.117. The van der Waals surface area contributed by atoms with Gasteiger partial charge in [0.05, 0.1) is 4.75 Å². The van der Waals surface area contributed by atoms with E-state index >= 15 is 0 Å². The third-order valence-corrected chi connectivity index (χ3v) is 4.15. The molecular weight excluding hydrogens is 180 g/mol. The molecular formula is C6H10N2OS2. The van der Waals surface area contributed by atoms with E-state index in [2.05, 4.69) is 10.1 Å². The molecule has 1 saturated heterocycles. The number of thioether (sulfide) groups is 2. The Morgan fingerprint density at radius 1 is 1.45 bits per heavy atom. The molecule has 0 saturated carbocycles. The van der Waals surface area contributed by atoms with Gasteiger partial charge in [-0.2, -0.15) is 0 Å². The molecule has 0 aromatic carbocycles. The summed E-state index contributed by atoms with van der Waals surface area (Å²) < 4.78 is 0.844. The average molecular weight is 190 g/mol. The Morgan fingerprint density at radius 3 is 2.36 bits per heavy atom. The van der Waals surface area contributed by atoms with Crippen LogP contribution in [0.15, 0.2) is 10.1 Å². The van der Waals surface area contributed by atoms with E-state index in [0.29, 0.717) is 0 Å². The molecule has 0 amide bonds. The minimum Gasteiger partial charge on any atom is -0.410 e. The van der Waals surface area contributed by atoms with Crippen LogP contribution in [-0.4, -0.2) is 26.4 Å². The molecule has 0 unspecified atom stereocenters. The van der Waals surface area contributed by atoms with Gasteiger partial charge >= 0.3 is 0 Å². The van der Waals surface area contributed by atoms with E-state index in [1.807, 2.05) is 13.8 Å². The van der Waals surface area contributed by atoms with Gasteiger partial charge < -0.3 is 5.21 Å². The Bertz CT molecular complexity index is 223. The van der Waals surface area contributed by atoms with Gasteiger partial charge in [0.15, 0.2) is 0 Å². The summed E-state index contributed by atoms with van der Waals surface area (Å²) in [5.74, 6) is 0. The molecule has 0 radical (unpaired) electrons. The van der Waals surface area contributed by atoms with Crippen molar-refractivity contribution in [3.8, 4) is 0 Å². The van der Waals surface area contributed by atoms with Crippen molar-refractivity contribution in [1.82, 2.24) is 0 Å². The first kappa shape index (κ1) is 8.93. The van der Waals surface area contributed by atoms with Crippen LogP contribution in [0.25, 0.3) is 0 Å². The van der Waals surface area contributed by atoms with E-state index in [4.69, 9.17) is 5.21 Å². The van der Waals surface area contributed by atoms with Crippen LogP contribution in [0.5, 0.6) is 0 Å². The van der Waals surface area contributed by atoms with Gasteiger partial charge in [-0.3, -0.25) is 4.99 Å². The Labute approximate surface area is 74.3 Å². The van der Waals surface area contributed by atoms with E-state index < -0.39 is 0 Å². The van der Waals surface area contributed by atoms with Crippen molar-refractivity contribution in [1.29, 1.82) is 0 Å². The number of hydrogen-bond acceptors (Lipinski definition) is 5. The Balaban J connectivity index is 2.88. The van der Waals surface area contributed by atoms with Crippen molar-refractivity contribution < 1.29 is 5.21 Å². The Kier molecular flexibility index (Phi) is 2.49. The second kappa shape index (κ2) is 3.06. The number of hydrogen-bond donors (Lipinski definition) is 1. The molecule has 0 aliphatic carbocycles. The lowest BCUT2D eigenvalue weighted by Gasteiger charge is -2.12. The maximum Gasteiger partial charge on any atom is 0.135 e. The zero-order valence-corrected chi connectivity index (χ0v) is 8.29. The summed E-state index contributed by atoms with van der Waals surface area (Å²) in [6, 6.07) is 0. The van der Waals surface area contributed by atoms with E-state index in [-0.39, 0.29) is 4.75 Å². The summed E-state index contributed by atoms with van der Waals surface area (Å²) in [6.45, 7) is 4.02. The van der Waals surface area contributed by atoms with Crippen molar-refractivity contribution in [3.63, 3.8) is 0 Å². The highest BCUT2D eigenvalue weighted by Crippen LogP contribution is 2.43. The van der Waals surface area contributed by atoms with Crippen molar-refractivity contribution in [2.24, 2.45) is 10.1 Å². The zero-order chi connectivity index (χ0) is 8.48. The molecule has 1 rings (SSSR count). The summed E-state index contributed by atoms with van der Waals surface area (Å²) in [5.41, 5.74) is 0. The quantitative estimate of drug-likeness (QED) is 0.469. The Morgan fingerprint density at radius 2 is 2.09 bits per heavy atom. The largest absolute Gasteiger partial charge is 0.410 e. The molecule has 3 nitrogen and oxygen atoms in total. The van der Waals surface area contributed by atoms with E-state index in [9.17, 15) is 0 Å². The van der Waals surface area contributed by atoms with E-state index in [1.54, 1.807) is 18.8 Å². The molecule has 1 aliphatic rings. The molecule has 1 N–H and O–H groups in total. The molecule has 11 heavy (non-hydrogen) atoms. The highest BCUT2D eigenvalue weighted by Gasteiger charge is 2.37. The molecule has 0 aromatic rings. The lowest BCUT2D eigenvalue weighted by atomic mass is 10.2. The highest BCUT2D eigenvalue weighted by atomic mass is 32.2. The van der Waals surface area contributed by atoms with Crippen molar-refractivity contribution in [3.05, 3.63) is 0 Å². The monoisotopic (exact) mass is 190 g/mol. The lowest BCUT2D eigenvalue weighted by molar-refractivity contribution is 0.319. The molecule has 0 bridgehead atoms. The first-order valence-corrected chi connectivity index (χ1v) is 4.79. The van der Waals surface area contributed by atoms with Crippen LogP contribution >= 0.6 is 23.5 Å². The van der Waals surface area contributed by atoms with E-state index in [0.717, 1.165) is 9.42 Å². The van der Waals surface area contributed by atoms with Gasteiger partial charge in [-0.1, -0.05) is 16.9 Å². The van der Waals surface area contributed by atoms with Crippen LogP contribution in [0.4, 0.5) is 0 Å². The standard InChI is InChI=1S/C6H10N2OS2/c1-6(2)4(8-9)10-5(7-3)11-6/h9H,1-3H3/b7-5?,8-4-. The summed E-state index contributed by atoms with van der Waals surface area (Å²) in [6.07, 6.45) is 0. The molecule has 5 heteroatoms. The minimum atomic E-state index is -0.117. The maximum absolute atomic E-state index is 8.61. The molecule has 0 atom stereocenters. The molecule has 62 valence electrons. The van der Waals surface area contributed by atoms with Gasteiger partial charge in [0.2, 0.25) is 0 Å². The predicted molar refractivity (Wildman–Crippen MR) is 51.8 cm³/mol. The van der Waals surface area contributed by atoms with Crippen LogP contribution in [0, 0.1) is 0 Å². The van der Waals surface area contributed by atoms with Gasteiger partial charge in [0.25, 0.3) is 0 Å². The summed E-state index contributed by atoms with van der Waals surface area (Å²) >= 11 is 3.05. The molecule has 1 fully saturated rings. The summed E-state index contributed by atoms with van der Waals surface area (Å²) in [5, 5.41) is 12.6. The lowest BCUT2D eigenvalue weighted by Crippen LogP contribution is -2.19. The number of aliphatic imine (C=N–C) groups is 1. The summed E-state index contributed by atoms with van der Waals surface area (Å²) in [4.78, 5) is 4.03. The van der Waals surface area contributed by atoms with Crippen molar-refractivity contribution in [2.45, 2.75) is 18.6 Å². The van der Waals surface area contributed by atoms with E-state index in [1.165, 1.54) is 11.8 Å². The first-order valence-electron chi connectivity index (χ1n) is 3.16. The van der Waals surface area contributed by atoms with Crippen molar-refractivity contribution >= 4 is 32.9 Å². The van der Waals surface area contributed by atoms with Gasteiger partial charge in [-0.15, -0.1) is 0 Å². The fourth-order valence-corrected chi connectivity index (χ4v) is 3.20. The number of rotatable bonds is 0. The van der Waals surface area contributed by atoms with Crippen LogP contribution in [-0.2, 0) is 0 Å². The predicted octanol–water partition coefficient (Wildman–Crippen LogP) is 2.02. The maximum atomic E-state index is 8.61. The number of nitrogens with zero attached hydrogens (tertiary/aromatic N) is 2. The zero-order valence-electron chi connectivity index (χ0n) is 6.66. The van der Waals surface area contributed by atoms with Crippen LogP contribution < -0.4 is 0 Å². The molecule has 0 aromatic heterocycles. The van der Waals surface area contributed by atoms with Gasteiger partial charge in [-0.05, 0) is 25.6 Å². The normalized spacial score (nSPS) is 30.1.